The minimum Gasteiger partial charge on any atom is -0.454 e. The molecule has 5 nitrogen and oxygen atoms in total. The first-order valence-electron chi connectivity index (χ1n) is 8.33. The van der Waals surface area contributed by atoms with Crippen LogP contribution in [-0.4, -0.2) is 15.2 Å². The zero-order valence-electron chi connectivity index (χ0n) is 14.7. The Morgan fingerprint density at radius 2 is 1.54 bits per heavy atom. The number of hydrogen-bond acceptors (Lipinski definition) is 4. The molecule has 0 radical (unpaired) electrons. The lowest BCUT2D eigenvalue weighted by Crippen LogP contribution is -2.13. The molecule has 144 valence electrons. The summed E-state index contributed by atoms with van der Waals surface area (Å²) in [6.07, 6.45) is 0. The molecular weight excluding hydrogens is 421 g/mol. The van der Waals surface area contributed by atoms with Gasteiger partial charge in [-0.3, -0.25) is 4.72 Å². The molecule has 0 fully saturated rings. The maximum atomic E-state index is 12.8. The molecule has 0 aromatic heterocycles. The fourth-order valence-corrected chi connectivity index (χ4v) is 4.45. The van der Waals surface area contributed by atoms with E-state index in [1.165, 1.54) is 12.1 Å². The topological polar surface area (TPSA) is 64.6 Å². The Kier molecular flexibility index (Phi) is 4.87. The molecule has 0 spiro atoms. The van der Waals surface area contributed by atoms with Crippen LogP contribution >= 0.6 is 23.2 Å². The molecule has 0 unspecified atom stereocenters. The van der Waals surface area contributed by atoms with Gasteiger partial charge >= 0.3 is 0 Å². The largest absolute Gasteiger partial charge is 0.454 e. The average Bonchev–Trinajstić information content (AvgIpc) is 3.13. The minimum atomic E-state index is -3.80. The molecule has 8 heteroatoms. The van der Waals surface area contributed by atoms with Gasteiger partial charge in [-0.25, -0.2) is 8.42 Å². The van der Waals surface area contributed by atoms with Gasteiger partial charge in [0.05, 0.1) is 10.6 Å². The van der Waals surface area contributed by atoms with Crippen LogP contribution < -0.4 is 14.2 Å². The zero-order chi connectivity index (χ0) is 19.9. The summed E-state index contributed by atoms with van der Waals surface area (Å²) in [6, 6.07) is 14.9. The van der Waals surface area contributed by atoms with Gasteiger partial charge < -0.3 is 9.47 Å². The number of ether oxygens (including phenoxy) is 2. The van der Waals surface area contributed by atoms with Crippen molar-refractivity contribution in [3.05, 3.63) is 70.2 Å². The van der Waals surface area contributed by atoms with E-state index in [2.05, 4.69) is 4.72 Å². The number of nitrogens with one attached hydrogen (secondary N) is 1. The number of rotatable bonds is 4. The predicted molar refractivity (Wildman–Crippen MR) is 110 cm³/mol. The van der Waals surface area contributed by atoms with Crippen molar-refractivity contribution in [2.24, 2.45) is 0 Å². The Morgan fingerprint density at radius 3 is 2.18 bits per heavy atom. The van der Waals surface area contributed by atoms with E-state index in [0.29, 0.717) is 38.4 Å². The van der Waals surface area contributed by atoms with Gasteiger partial charge in [-0.05, 0) is 48.4 Å². The predicted octanol–water partition coefficient (Wildman–Crippen LogP) is 5.50. The van der Waals surface area contributed by atoms with Crippen LogP contribution in [0.5, 0.6) is 11.5 Å². The third kappa shape index (κ3) is 3.51. The Bertz CT molecular complexity index is 1140. The van der Waals surface area contributed by atoms with Crippen LogP contribution in [0.1, 0.15) is 5.56 Å². The van der Waals surface area contributed by atoms with Gasteiger partial charge in [-0.15, -0.1) is 0 Å². The highest BCUT2D eigenvalue weighted by atomic mass is 35.5. The summed E-state index contributed by atoms with van der Waals surface area (Å²) in [5.41, 5.74) is 2.32. The third-order valence-electron chi connectivity index (χ3n) is 4.40. The lowest BCUT2D eigenvalue weighted by molar-refractivity contribution is 0.174. The van der Waals surface area contributed by atoms with Crippen molar-refractivity contribution in [1.29, 1.82) is 0 Å². The second-order valence-electron chi connectivity index (χ2n) is 6.23. The monoisotopic (exact) mass is 435 g/mol. The zero-order valence-corrected chi connectivity index (χ0v) is 17.0. The van der Waals surface area contributed by atoms with Crippen LogP contribution in [0.2, 0.25) is 10.0 Å². The molecule has 1 N–H and O–H groups in total. The molecule has 0 bridgehead atoms. The van der Waals surface area contributed by atoms with E-state index in [4.69, 9.17) is 32.7 Å². The van der Waals surface area contributed by atoms with Crippen LogP contribution in [0.25, 0.3) is 11.1 Å². The van der Waals surface area contributed by atoms with Gasteiger partial charge in [0.1, 0.15) is 0 Å². The number of sulfonamides is 1. The standard InChI is InChI=1S/C20H15Cl2NO4S/c1-12-16(21)7-13(8-17(12)22)15-9-19-20(27-11-26-19)10-18(15)23-28(24,25)14-5-3-2-4-6-14/h2-10,23H,11H2,1H3. The Balaban J connectivity index is 1.86. The van der Waals surface area contributed by atoms with Crippen molar-refractivity contribution in [3.63, 3.8) is 0 Å². The molecule has 0 saturated heterocycles. The summed E-state index contributed by atoms with van der Waals surface area (Å²) in [5.74, 6) is 0.976. The molecule has 3 aromatic carbocycles. The van der Waals surface area contributed by atoms with E-state index >= 15 is 0 Å². The van der Waals surface area contributed by atoms with Crippen molar-refractivity contribution >= 4 is 38.9 Å². The van der Waals surface area contributed by atoms with Crippen molar-refractivity contribution in [1.82, 2.24) is 0 Å². The highest BCUT2D eigenvalue weighted by Crippen LogP contribution is 2.43. The summed E-state index contributed by atoms with van der Waals surface area (Å²) in [5, 5.41) is 0.967. The quantitative estimate of drug-likeness (QED) is 0.587. The van der Waals surface area contributed by atoms with Gasteiger partial charge in [0.2, 0.25) is 6.79 Å². The lowest BCUT2D eigenvalue weighted by Gasteiger charge is -2.15. The fraction of sp³-hybridized carbons (Fsp3) is 0.100. The Morgan fingerprint density at radius 1 is 0.929 bits per heavy atom. The highest BCUT2D eigenvalue weighted by Gasteiger charge is 2.22. The molecule has 0 saturated carbocycles. The van der Waals surface area contributed by atoms with Crippen LogP contribution in [0, 0.1) is 6.92 Å². The van der Waals surface area contributed by atoms with Crippen molar-refractivity contribution in [2.75, 3.05) is 11.5 Å². The van der Waals surface area contributed by atoms with Crippen LogP contribution in [-0.2, 0) is 10.0 Å². The van der Waals surface area contributed by atoms with E-state index in [1.54, 1.807) is 42.5 Å². The first-order chi connectivity index (χ1) is 13.3. The van der Waals surface area contributed by atoms with E-state index in [-0.39, 0.29) is 11.7 Å². The summed E-state index contributed by atoms with van der Waals surface area (Å²) >= 11 is 12.6. The van der Waals surface area contributed by atoms with Crippen LogP contribution in [0.15, 0.2) is 59.5 Å². The maximum absolute atomic E-state index is 12.8. The van der Waals surface area contributed by atoms with Gasteiger partial charge in [0.15, 0.2) is 11.5 Å². The molecule has 1 aliphatic rings. The minimum absolute atomic E-state index is 0.0685. The second kappa shape index (κ2) is 7.20. The summed E-state index contributed by atoms with van der Waals surface area (Å²) in [7, 11) is -3.80. The maximum Gasteiger partial charge on any atom is 0.261 e. The summed E-state index contributed by atoms with van der Waals surface area (Å²) in [4.78, 5) is 0.151. The number of benzene rings is 3. The van der Waals surface area contributed by atoms with Crippen molar-refractivity contribution < 1.29 is 17.9 Å². The molecule has 28 heavy (non-hydrogen) atoms. The number of anilines is 1. The normalized spacial score (nSPS) is 12.8. The van der Waals surface area contributed by atoms with Gasteiger partial charge in [-0.1, -0.05) is 41.4 Å². The van der Waals surface area contributed by atoms with E-state index in [1.807, 2.05) is 6.92 Å². The molecule has 1 aliphatic heterocycles. The molecule has 0 atom stereocenters. The van der Waals surface area contributed by atoms with Gasteiger partial charge in [0, 0.05) is 21.7 Å². The molecular formula is C20H15Cl2NO4S. The van der Waals surface area contributed by atoms with Crippen LogP contribution in [0.4, 0.5) is 5.69 Å². The van der Waals surface area contributed by atoms with Gasteiger partial charge in [0.25, 0.3) is 10.0 Å². The second-order valence-corrected chi connectivity index (χ2v) is 8.73. The van der Waals surface area contributed by atoms with Gasteiger partial charge in [-0.2, -0.15) is 0 Å². The first-order valence-corrected chi connectivity index (χ1v) is 10.6. The Hall–Kier alpha value is -2.41. The van der Waals surface area contributed by atoms with Crippen molar-refractivity contribution in [2.45, 2.75) is 11.8 Å². The average molecular weight is 436 g/mol. The highest BCUT2D eigenvalue weighted by molar-refractivity contribution is 7.92. The Labute approximate surface area is 172 Å². The first kappa shape index (κ1) is 18.9. The molecule has 0 amide bonds. The summed E-state index contributed by atoms with van der Waals surface area (Å²) < 4.78 is 39.2. The fourth-order valence-electron chi connectivity index (χ4n) is 2.87. The van der Waals surface area contributed by atoms with Crippen molar-refractivity contribution in [3.8, 4) is 22.6 Å². The van der Waals surface area contributed by atoms with Crippen LogP contribution in [0.3, 0.4) is 0 Å². The summed E-state index contributed by atoms with van der Waals surface area (Å²) in [6.45, 7) is 1.88. The smallest absolute Gasteiger partial charge is 0.261 e. The number of fused-ring (bicyclic) bond motifs is 1. The van der Waals surface area contributed by atoms with E-state index in [9.17, 15) is 8.42 Å². The molecule has 1 heterocycles. The lowest BCUT2D eigenvalue weighted by atomic mass is 10.0. The van der Waals surface area contributed by atoms with E-state index < -0.39 is 10.0 Å². The molecule has 0 aliphatic carbocycles. The SMILES string of the molecule is Cc1c(Cl)cc(-c2cc3c(cc2NS(=O)(=O)c2ccccc2)OCO3)cc1Cl. The molecule has 3 aromatic rings. The molecule has 4 rings (SSSR count). The van der Waals surface area contributed by atoms with E-state index in [0.717, 1.165) is 5.56 Å². The third-order valence-corrected chi connectivity index (χ3v) is 6.57. The number of hydrogen-bond donors (Lipinski definition) is 1. The number of halogens is 2.